The van der Waals surface area contributed by atoms with Gasteiger partial charge in [0.1, 0.15) is 11.4 Å². The lowest BCUT2D eigenvalue weighted by molar-refractivity contribution is 0.0131. The van der Waals surface area contributed by atoms with Crippen molar-refractivity contribution < 1.29 is 4.74 Å². The highest BCUT2D eigenvalue weighted by atomic mass is 16.5. The molecule has 1 heterocycles. The maximum absolute atomic E-state index is 6.44. The molecule has 2 heteroatoms. The van der Waals surface area contributed by atoms with Crippen LogP contribution in [0.15, 0.2) is 24.3 Å². The van der Waals surface area contributed by atoms with Crippen molar-refractivity contribution >= 4 is 0 Å². The van der Waals surface area contributed by atoms with Gasteiger partial charge in [-0.3, -0.25) is 0 Å². The van der Waals surface area contributed by atoms with Crippen LogP contribution >= 0.6 is 0 Å². The minimum absolute atomic E-state index is 0.0324. The molecule has 0 amide bonds. The number of para-hydroxylation sites is 1. The van der Waals surface area contributed by atoms with Crippen LogP contribution in [0.25, 0.3) is 0 Å². The summed E-state index contributed by atoms with van der Waals surface area (Å²) in [5, 5.41) is 3.63. The van der Waals surface area contributed by atoms with Crippen molar-refractivity contribution in [1.29, 1.82) is 0 Å². The van der Waals surface area contributed by atoms with E-state index in [9.17, 15) is 0 Å². The van der Waals surface area contributed by atoms with E-state index < -0.39 is 0 Å². The second-order valence-electron chi connectivity index (χ2n) is 5.64. The quantitative estimate of drug-likeness (QED) is 0.816. The molecule has 0 saturated carbocycles. The van der Waals surface area contributed by atoms with Gasteiger partial charge in [0.05, 0.1) is 0 Å². The van der Waals surface area contributed by atoms with E-state index in [0.717, 1.165) is 31.6 Å². The van der Waals surface area contributed by atoms with Gasteiger partial charge in [-0.2, -0.15) is 0 Å². The van der Waals surface area contributed by atoms with Crippen LogP contribution < -0.4 is 10.1 Å². The van der Waals surface area contributed by atoms with Crippen LogP contribution in [0.3, 0.4) is 0 Å². The molecule has 0 aromatic heterocycles. The minimum Gasteiger partial charge on any atom is -0.487 e. The Bertz CT molecular complexity index is 396. The summed E-state index contributed by atoms with van der Waals surface area (Å²) in [6.45, 7) is 7.69. The van der Waals surface area contributed by atoms with Gasteiger partial charge in [-0.1, -0.05) is 51.8 Å². The monoisotopic (exact) mass is 261 g/mol. The molecule has 1 N–H and O–H groups in total. The Morgan fingerprint density at radius 2 is 1.84 bits per heavy atom. The predicted molar refractivity (Wildman–Crippen MR) is 80.7 cm³/mol. The number of fused-ring (bicyclic) bond motifs is 1. The van der Waals surface area contributed by atoms with E-state index in [2.05, 4.69) is 50.4 Å². The number of hydrogen-bond donors (Lipinski definition) is 1. The predicted octanol–water partition coefficient (Wildman–Crippen LogP) is 4.46. The average Bonchev–Trinajstić information content (AvgIpc) is 2.39. The smallest absolute Gasteiger partial charge is 0.124 e. The summed E-state index contributed by atoms with van der Waals surface area (Å²) >= 11 is 0. The van der Waals surface area contributed by atoms with E-state index in [0.29, 0.717) is 6.04 Å². The third-order valence-corrected chi connectivity index (χ3v) is 4.06. The van der Waals surface area contributed by atoms with Gasteiger partial charge in [-0.05, 0) is 25.5 Å². The first-order chi connectivity index (χ1) is 9.24. The molecule has 0 bridgehead atoms. The van der Waals surface area contributed by atoms with Crippen molar-refractivity contribution in [3.63, 3.8) is 0 Å². The van der Waals surface area contributed by atoms with Gasteiger partial charge < -0.3 is 10.1 Å². The van der Waals surface area contributed by atoms with Gasteiger partial charge in [-0.25, -0.2) is 0 Å². The van der Waals surface area contributed by atoms with Crippen molar-refractivity contribution in [3.05, 3.63) is 29.8 Å². The van der Waals surface area contributed by atoms with E-state index in [-0.39, 0.29) is 5.60 Å². The first-order valence-corrected chi connectivity index (χ1v) is 7.76. The molecule has 1 aromatic rings. The Kier molecular flexibility index (Phi) is 4.87. The molecule has 1 atom stereocenters. The molecule has 0 aliphatic carbocycles. The molecule has 1 aliphatic heterocycles. The summed E-state index contributed by atoms with van der Waals surface area (Å²) in [4.78, 5) is 0. The van der Waals surface area contributed by atoms with E-state index in [1.54, 1.807) is 0 Å². The number of ether oxygens (including phenoxy) is 1. The second kappa shape index (κ2) is 6.42. The lowest BCUT2D eigenvalue weighted by atomic mass is 9.81. The molecular weight excluding hydrogens is 234 g/mol. The first-order valence-electron chi connectivity index (χ1n) is 7.76. The summed E-state index contributed by atoms with van der Waals surface area (Å²) < 4.78 is 6.44. The lowest BCUT2D eigenvalue weighted by Crippen LogP contribution is -2.44. The van der Waals surface area contributed by atoms with Crippen LogP contribution in [0, 0.1) is 0 Å². The Morgan fingerprint density at radius 1 is 1.16 bits per heavy atom. The molecule has 0 fully saturated rings. The van der Waals surface area contributed by atoms with Crippen LogP contribution in [0.5, 0.6) is 5.75 Å². The highest BCUT2D eigenvalue weighted by molar-refractivity contribution is 5.39. The molecule has 1 aliphatic rings. The number of rotatable bonds is 6. The van der Waals surface area contributed by atoms with E-state index in [1.165, 1.54) is 18.4 Å². The third kappa shape index (κ3) is 3.11. The molecule has 0 radical (unpaired) electrons. The number of hydrogen-bond acceptors (Lipinski definition) is 2. The van der Waals surface area contributed by atoms with Gasteiger partial charge >= 0.3 is 0 Å². The van der Waals surface area contributed by atoms with Gasteiger partial charge in [0.15, 0.2) is 0 Å². The summed E-state index contributed by atoms with van der Waals surface area (Å²) in [7, 11) is 0. The number of nitrogens with one attached hydrogen (secondary N) is 1. The van der Waals surface area contributed by atoms with Gasteiger partial charge in [-0.15, -0.1) is 0 Å². The minimum atomic E-state index is 0.0324. The highest BCUT2D eigenvalue weighted by Crippen LogP contribution is 2.43. The standard InChI is InChI=1S/C17H27NO/c1-4-11-17(12-5-2)13-15(18-6-3)14-9-7-8-10-16(14)19-17/h7-10,15,18H,4-6,11-13H2,1-3H3. The van der Waals surface area contributed by atoms with Gasteiger partial charge in [0, 0.05) is 18.0 Å². The zero-order valence-electron chi connectivity index (χ0n) is 12.5. The summed E-state index contributed by atoms with van der Waals surface area (Å²) in [6, 6.07) is 8.95. The molecule has 2 nitrogen and oxygen atoms in total. The van der Waals surface area contributed by atoms with Gasteiger partial charge in [0.25, 0.3) is 0 Å². The molecule has 2 rings (SSSR count). The fourth-order valence-electron chi connectivity index (χ4n) is 3.39. The van der Waals surface area contributed by atoms with Crippen LogP contribution in [0.4, 0.5) is 0 Å². The van der Waals surface area contributed by atoms with E-state index in [1.807, 2.05) is 0 Å². The maximum atomic E-state index is 6.44. The van der Waals surface area contributed by atoms with Crippen molar-refractivity contribution in [2.45, 2.75) is 64.5 Å². The Balaban J connectivity index is 2.31. The zero-order chi connectivity index (χ0) is 13.7. The molecular formula is C17H27NO. The maximum Gasteiger partial charge on any atom is 0.124 e. The van der Waals surface area contributed by atoms with Crippen LogP contribution in [-0.2, 0) is 0 Å². The summed E-state index contributed by atoms with van der Waals surface area (Å²) in [6.07, 6.45) is 5.76. The average molecular weight is 261 g/mol. The first kappa shape index (κ1) is 14.4. The third-order valence-electron chi connectivity index (χ3n) is 4.06. The van der Waals surface area contributed by atoms with E-state index in [4.69, 9.17) is 4.74 Å². The highest BCUT2D eigenvalue weighted by Gasteiger charge is 2.39. The van der Waals surface area contributed by atoms with Crippen molar-refractivity contribution in [1.82, 2.24) is 5.32 Å². The summed E-state index contributed by atoms with van der Waals surface area (Å²) in [5.74, 6) is 1.08. The number of benzene rings is 1. The SMILES string of the molecule is CCCC1(CCC)CC(NCC)c2ccccc2O1. The Labute approximate surface area is 117 Å². The van der Waals surface area contributed by atoms with Crippen LogP contribution in [0.2, 0.25) is 0 Å². The summed E-state index contributed by atoms with van der Waals surface area (Å²) in [5.41, 5.74) is 1.36. The zero-order valence-corrected chi connectivity index (χ0v) is 12.5. The van der Waals surface area contributed by atoms with Crippen LogP contribution in [0.1, 0.15) is 64.5 Å². The lowest BCUT2D eigenvalue weighted by Gasteiger charge is -2.42. The molecule has 1 unspecified atom stereocenters. The molecule has 0 spiro atoms. The largest absolute Gasteiger partial charge is 0.487 e. The van der Waals surface area contributed by atoms with Crippen LogP contribution in [-0.4, -0.2) is 12.1 Å². The Morgan fingerprint density at radius 3 is 2.47 bits per heavy atom. The molecule has 1 aromatic carbocycles. The Hall–Kier alpha value is -1.02. The normalized spacial score (nSPS) is 20.7. The molecule has 106 valence electrons. The van der Waals surface area contributed by atoms with E-state index >= 15 is 0 Å². The molecule has 0 saturated heterocycles. The second-order valence-corrected chi connectivity index (χ2v) is 5.64. The van der Waals surface area contributed by atoms with Crippen molar-refractivity contribution in [2.24, 2.45) is 0 Å². The topological polar surface area (TPSA) is 21.3 Å². The van der Waals surface area contributed by atoms with Crippen molar-refractivity contribution in [2.75, 3.05) is 6.54 Å². The fourth-order valence-corrected chi connectivity index (χ4v) is 3.39. The molecule has 19 heavy (non-hydrogen) atoms. The van der Waals surface area contributed by atoms with Gasteiger partial charge in [0.2, 0.25) is 0 Å². The van der Waals surface area contributed by atoms with Crippen molar-refractivity contribution in [3.8, 4) is 5.75 Å². The fraction of sp³-hybridized carbons (Fsp3) is 0.647.